The summed E-state index contributed by atoms with van der Waals surface area (Å²) in [5, 5.41) is 0. The van der Waals surface area contributed by atoms with Crippen LogP contribution >= 0.6 is 7.92 Å². The number of hydrogen-bond acceptors (Lipinski definition) is 0. The first-order chi connectivity index (χ1) is 24.3. The zero-order valence-electron chi connectivity index (χ0n) is 31.7. The van der Waals surface area contributed by atoms with Crippen molar-refractivity contribution in [3.63, 3.8) is 0 Å². The van der Waals surface area contributed by atoms with E-state index in [0.717, 1.165) is 58.7 Å². The third-order valence-electron chi connectivity index (χ3n) is 15.4. The first-order valence-electron chi connectivity index (χ1n) is 20.6. The SMILES string of the molecule is CC(C)(c1ccccc1)c1c(CP(C2C3CC4CC(C3)CC2C4)C2C3CC4CC(C3)CC2C4)cc[c-]1C(C)(C)c1ccccc1.[Fe].[cH-]1[cH-][cH-][cH-][cH-]1. The van der Waals surface area contributed by atoms with Crippen LogP contribution in [0.2, 0.25) is 0 Å². The molecular weight excluding hydrogens is 675 g/mol. The minimum atomic E-state index is -0.0458. The largest absolute Gasteiger partial charge is 0.748 e. The summed E-state index contributed by atoms with van der Waals surface area (Å²) < 4.78 is 0. The van der Waals surface area contributed by atoms with Gasteiger partial charge in [0, 0.05) is 17.1 Å². The summed E-state index contributed by atoms with van der Waals surface area (Å²) in [6.45, 7) is 10.1. The van der Waals surface area contributed by atoms with E-state index in [1.807, 2.05) is 30.3 Å². The maximum Gasteiger partial charge on any atom is 0 e. The fourth-order valence-corrected chi connectivity index (χ4v) is 18.3. The summed E-state index contributed by atoms with van der Waals surface area (Å²) in [6.07, 6.45) is 17.2. The van der Waals surface area contributed by atoms with E-state index in [9.17, 15) is 0 Å². The molecule has 8 aliphatic rings. The van der Waals surface area contributed by atoms with Crippen molar-refractivity contribution in [1.29, 1.82) is 0 Å². The van der Waals surface area contributed by atoms with Crippen molar-refractivity contribution in [3.05, 3.63) is 131 Å². The number of benzene rings is 2. The molecule has 0 saturated heterocycles. The molecule has 0 heterocycles. The molecule has 276 valence electrons. The van der Waals surface area contributed by atoms with Gasteiger partial charge in [0.1, 0.15) is 0 Å². The van der Waals surface area contributed by atoms with Gasteiger partial charge in [0.25, 0.3) is 0 Å². The van der Waals surface area contributed by atoms with Crippen LogP contribution in [0.3, 0.4) is 0 Å². The van der Waals surface area contributed by atoms with Crippen LogP contribution in [-0.4, -0.2) is 11.3 Å². The van der Waals surface area contributed by atoms with Crippen molar-refractivity contribution < 1.29 is 17.1 Å². The standard InChI is InChI=1S/C44H56P.C5H5.Fe/c1-43(2,37-11-7-5-8-12-37)39-16-15-32(40(39)44(3,4)38-13-9-6-10-14-38)27-45(41-33-19-28-17-29(21-33)22-34(41)20-28)42-35-23-30-18-31(25-35)26-36(42)24-30;1-2-4-5-3-1;/h5-16,28-31,33-36,41-42H,17-27H2,1-4H3;1-5H;/q-1;-5;. The van der Waals surface area contributed by atoms with E-state index in [2.05, 4.69) is 100 Å². The van der Waals surface area contributed by atoms with Crippen LogP contribution in [0.4, 0.5) is 0 Å². The molecule has 0 atom stereocenters. The van der Waals surface area contributed by atoms with Gasteiger partial charge >= 0.3 is 0 Å². The van der Waals surface area contributed by atoms with Gasteiger partial charge in [-0.15, -0.1) is 13.5 Å². The second kappa shape index (κ2) is 14.4. The molecule has 0 amide bonds. The fraction of sp³-hybridized carbons (Fsp3) is 0.551. The first kappa shape index (κ1) is 36.1. The van der Waals surface area contributed by atoms with E-state index >= 15 is 0 Å². The van der Waals surface area contributed by atoms with E-state index in [0.29, 0.717) is 0 Å². The predicted octanol–water partition coefficient (Wildman–Crippen LogP) is 13.1. The van der Waals surface area contributed by atoms with E-state index in [1.54, 1.807) is 80.9 Å². The second-order valence-electron chi connectivity index (χ2n) is 19.1. The Bertz CT molecular complexity index is 1590. The van der Waals surface area contributed by atoms with Crippen molar-refractivity contribution in [2.45, 2.75) is 120 Å². The predicted molar refractivity (Wildman–Crippen MR) is 213 cm³/mol. The van der Waals surface area contributed by atoms with Crippen LogP contribution < -0.4 is 0 Å². The molecule has 8 fully saturated rings. The molecule has 0 nitrogen and oxygen atoms in total. The average molecular weight is 737 g/mol. The molecule has 4 aromatic carbocycles. The normalized spacial score (nSPS) is 33.7. The molecule has 0 aromatic heterocycles. The average Bonchev–Trinajstić information content (AvgIpc) is 3.83. The molecule has 8 aliphatic carbocycles. The van der Waals surface area contributed by atoms with Crippen molar-refractivity contribution in [2.24, 2.45) is 47.3 Å². The summed E-state index contributed by atoms with van der Waals surface area (Å²) >= 11 is 0. The second-order valence-corrected chi connectivity index (χ2v) is 21.6. The van der Waals surface area contributed by atoms with Gasteiger partial charge < -0.3 is 30.3 Å². The molecule has 2 heteroatoms. The smallest absolute Gasteiger partial charge is 0 e. The molecule has 0 spiro atoms. The molecule has 12 rings (SSSR count). The molecule has 0 unspecified atom stereocenters. The molecule has 4 aromatic rings. The van der Waals surface area contributed by atoms with Gasteiger partial charge in [-0.05, 0) is 145 Å². The van der Waals surface area contributed by atoms with Crippen molar-refractivity contribution >= 4 is 7.92 Å². The molecule has 8 saturated carbocycles. The third-order valence-corrected chi connectivity index (χ3v) is 19.3. The Kier molecular flexibility index (Phi) is 10.2. The molecular formula is C49H61FeP-6. The number of rotatable bonds is 8. The van der Waals surface area contributed by atoms with Gasteiger partial charge in [-0.1, -0.05) is 94.5 Å². The van der Waals surface area contributed by atoms with E-state index in [-0.39, 0.29) is 35.8 Å². The Labute approximate surface area is 322 Å². The van der Waals surface area contributed by atoms with Gasteiger partial charge in [-0.25, -0.2) is 6.07 Å². The summed E-state index contributed by atoms with van der Waals surface area (Å²) in [4.78, 5) is 0. The van der Waals surface area contributed by atoms with Crippen LogP contribution in [0.1, 0.15) is 120 Å². The quantitative estimate of drug-likeness (QED) is 0.0960. The van der Waals surface area contributed by atoms with Gasteiger partial charge in [-0.3, -0.25) is 0 Å². The van der Waals surface area contributed by atoms with Crippen molar-refractivity contribution in [2.75, 3.05) is 0 Å². The monoisotopic (exact) mass is 736 g/mol. The molecule has 51 heavy (non-hydrogen) atoms. The van der Waals surface area contributed by atoms with Crippen LogP contribution in [0.5, 0.6) is 0 Å². The molecule has 0 radical (unpaired) electrons. The topological polar surface area (TPSA) is 0 Å². The summed E-state index contributed by atoms with van der Waals surface area (Å²) in [7, 11) is -0.0458. The van der Waals surface area contributed by atoms with Gasteiger partial charge in [0.15, 0.2) is 0 Å². The maximum absolute atomic E-state index is 2.65. The minimum absolute atomic E-state index is 0. The minimum Gasteiger partial charge on any atom is -0.748 e. The number of hydrogen-bond donors (Lipinski definition) is 0. The summed E-state index contributed by atoms with van der Waals surface area (Å²) in [6, 6.07) is 38.1. The molecule has 8 bridgehead atoms. The van der Waals surface area contributed by atoms with E-state index in [4.69, 9.17) is 0 Å². The first-order valence-corrected chi connectivity index (χ1v) is 22.2. The van der Waals surface area contributed by atoms with Crippen molar-refractivity contribution in [1.82, 2.24) is 0 Å². The Hall–Kier alpha value is -1.91. The maximum atomic E-state index is 2.65. The third kappa shape index (κ3) is 6.63. The van der Waals surface area contributed by atoms with Crippen LogP contribution in [-0.2, 0) is 34.1 Å². The van der Waals surface area contributed by atoms with Crippen molar-refractivity contribution in [3.8, 4) is 0 Å². The van der Waals surface area contributed by atoms with Gasteiger partial charge in [0.05, 0.1) is 0 Å². The van der Waals surface area contributed by atoms with E-state index in [1.165, 1.54) is 17.3 Å². The van der Waals surface area contributed by atoms with E-state index < -0.39 is 0 Å². The Morgan fingerprint density at radius 3 is 1.35 bits per heavy atom. The van der Waals surface area contributed by atoms with Gasteiger partial charge in [0.2, 0.25) is 0 Å². The summed E-state index contributed by atoms with van der Waals surface area (Å²) in [5.41, 5.74) is 9.91. The van der Waals surface area contributed by atoms with Crippen LogP contribution in [0.15, 0.2) is 103 Å². The van der Waals surface area contributed by atoms with Crippen LogP contribution in [0.25, 0.3) is 0 Å². The Morgan fingerprint density at radius 2 is 0.941 bits per heavy atom. The van der Waals surface area contributed by atoms with Crippen LogP contribution in [0, 0.1) is 47.3 Å². The zero-order valence-corrected chi connectivity index (χ0v) is 33.7. The van der Waals surface area contributed by atoms with Gasteiger partial charge in [-0.2, -0.15) is 17.2 Å². The Balaban J connectivity index is 0.000000576. The molecule has 0 aliphatic heterocycles. The fourth-order valence-electron chi connectivity index (χ4n) is 13.7. The summed E-state index contributed by atoms with van der Waals surface area (Å²) in [5.74, 6) is 8.48. The Morgan fingerprint density at radius 1 is 0.549 bits per heavy atom. The zero-order chi connectivity index (χ0) is 34.0. The molecule has 0 N–H and O–H groups in total.